The van der Waals surface area contributed by atoms with Gasteiger partial charge < -0.3 is 10.6 Å². The first-order valence-corrected chi connectivity index (χ1v) is 6.26. The molecule has 102 valence electrons. The fraction of sp³-hybridized carbons (Fsp3) is 0.429. The first-order valence-electron chi connectivity index (χ1n) is 6.26. The van der Waals surface area contributed by atoms with Gasteiger partial charge in [-0.3, -0.25) is 4.79 Å². The SMILES string of the molecule is CC(C)NCCCC(=O)Nc1cccc(F)c1C#N. The van der Waals surface area contributed by atoms with E-state index >= 15 is 0 Å². The van der Waals surface area contributed by atoms with Gasteiger partial charge in [0.05, 0.1) is 5.69 Å². The van der Waals surface area contributed by atoms with Gasteiger partial charge >= 0.3 is 0 Å². The van der Waals surface area contributed by atoms with Crippen molar-refractivity contribution in [3.05, 3.63) is 29.6 Å². The highest BCUT2D eigenvalue weighted by Crippen LogP contribution is 2.17. The summed E-state index contributed by atoms with van der Waals surface area (Å²) in [5, 5.41) is 14.6. The summed E-state index contributed by atoms with van der Waals surface area (Å²) in [5.74, 6) is -0.838. The van der Waals surface area contributed by atoms with E-state index in [1.54, 1.807) is 6.07 Å². The molecule has 19 heavy (non-hydrogen) atoms. The minimum absolute atomic E-state index is 0.129. The normalized spacial score (nSPS) is 10.3. The van der Waals surface area contributed by atoms with Crippen molar-refractivity contribution < 1.29 is 9.18 Å². The zero-order valence-corrected chi connectivity index (χ0v) is 11.2. The summed E-state index contributed by atoms with van der Waals surface area (Å²) >= 11 is 0. The van der Waals surface area contributed by atoms with E-state index in [1.165, 1.54) is 18.2 Å². The van der Waals surface area contributed by atoms with Gasteiger partial charge in [-0.1, -0.05) is 19.9 Å². The van der Waals surface area contributed by atoms with Crippen molar-refractivity contribution in [1.29, 1.82) is 5.26 Å². The average molecular weight is 263 g/mol. The zero-order valence-electron chi connectivity index (χ0n) is 11.2. The summed E-state index contributed by atoms with van der Waals surface area (Å²) in [6, 6.07) is 6.31. The summed E-state index contributed by atoms with van der Waals surface area (Å²) in [6.45, 7) is 4.82. The maximum Gasteiger partial charge on any atom is 0.224 e. The van der Waals surface area contributed by atoms with Gasteiger partial charge in [-0.05, 0) is 25.1 Å². The molecule has 0 bridgehead atoms. The van der Waals surface area contributed by atoms with Crippen LogP contribution < -0.4 is 10.6 Å². The van der Waals surface area contributed by atoms with Crippen LogP contribution in [0.4, 0.5) is 10.1 Å². The number of halogens is 1. The highest BCUT2D eigenvalue weighted by atomic mass is 19.1. The molecule has 0 aliphatic heterocycles. The van der Waals surface area contributed by atoms with E-state index in [4.69, 9.17) is 5.26 Å². The van der Waals surface area contributed by atoms with E-state index in [2.05, 4.69) is 10.6 Å². The highest BCUT2D eigenvalue weighted by molar-refractivity contribution is 5.92. The number of amides is 1. The maximum atomic E-state index is 13.3. The van der Waals surface area contributed by atoms with Crippen molar-refractivity contribution in [2.24, 2.45) is 0 Å². The molecule has 0 heterocycles. The number of carbonyl (C=O) groups excluding carboxylic acids is 1. The minimum atomic E-state index is -0.623. The monoisotopic (exact) mass is 263 g/mol. The second kappa shape index (κ2) is 7.49. The zero-order chi connectivity index (χ0) is 14.3. The summed E-state index contributed by atoms with van der Waals surface area (Å²) < 4.78 is 13.3. The van der Waals surface area contributed by atoms with Crippen molar-refractivity contribution in [3.63, 3.8) is 0 Å². The van der Waals surface area contributed by atoms with Crippen molar-refractivity contribution in [1.82, 2.24) is 5.32 Å². The number of nitriles is 1. The van der Waals surface area contributed by atoms with E-state index in [0.29, 0.717) is 18.9 Å². The quantitative estimate of drug-likeness (QED) is 0.775. The van der Waals surface area contributed by atoms with Crippen LogP contribution in [-0.4, -0.2) is 18.5 Å². The first-order chi connectivity index (χ1) is 9.04. The molecule has 0 aliphatic carbocycles. The Morgan fingerprint density at radius 3 is 2.84 bits per heavy atom. The van der Waals surface area contributed by atoms with E-state index in [0.717, 1.165) is 6.54 Å². The Morgan fingerprint density at radius 2 is 2.21 bits per heavy atom. The molecular weight excluding hydrogens is 245 g/mol. The van der Waals surface area contributed by atoms with Crippen molar-refractivity contribution in [3.8, 4) is 6.07 Å². The highest BCUT2D eigenvalue weighted by Gasteiger charge is 2.10. The topological polar surface area (TPSA) is 64.9 Å². The lowest BCUT2D eigenvalue weighted by Gasteiger charge is -2.09. The number of hydrogen-bond acceptors (Lipinski definition) is 3. The van der Waals surface area contributed by atoms with Crippen molar-refractivity contribution in [2.45, 2.75) is 32.7 Å². The average Bonchev–Trinajstić information content (AvgIpc) is 2.35. The predicted octanol–water partition coefficient (Wildman–Crippen LogP) is 2.41. The Morgan fingerprint density at radius 1 is 1.47 bits per heavy atom. The van der Waals surface area contributed by atoms with E-state index in [-0.39, 0.29) is 17.2 Å². The van der Waals surface area contributed by atoms with Crippen LogP contribution in [0.15, 0.2) is 18.2 Å². The van der Waals surface area contributed by atoms with Gasteiger partial charge in [-0.15, -0.1) is 0 Å². The summed E-state index contributed by atoms with van der Waals surface area (Å²) in [5.41, 5.74) is 0.0977. The van der Waals surface area contributed by atoms with Gasteiger partial charge in [0.1, 0.15) is 17.4 Å². The number of nitrogens with one attached hydrogen (secondary N) is 2. The molecule has 1 aromatic carbocycles. The molecular formula is C14H18FN3O. The van der Waals surface area contributed by atoms with Crippen molar-refractivity contribution in [2.75, 3.05) is 11.9 Å². The molecule has 2 N–H and O–H groups in total. The van der Waals surface area contributed by atoms with Crippen LogP contribution in [0.5, 0.6) is 0 Å². The van der Waals surface area contributed by atoms with Gasteiger partial charge in [-0.2, -0.15) is 5.26 Å². The van der Waals surface area contributed by atoms with Crippen molar-refractivity contribution >= 4 is 11.6 Å². The lowest BCUT2D eigenvalue weighted by molar-refractivity contribution is -0.116. The van der Waals surface area contributed by atoms with Crippen LogP contribution in [0.25, 0.3) is 0 Å². The molecule has 5 heteroatoms. The van der Waals surface area contributed by atoms with Gasteiger partial charge in [0.25, 0.3) is 0 Å². The van der Waals surface area contributed by atoms with E-state index < -0.39 is 5.82 Å². The maximum absolute atomic E-state index is 13.3. The molecule has 0 spiro atoms. The Hall–Kier alpha value is -1.93. The smallest absolute Gasteiger partial charge is 0.224 e. The van der Waals surface area contributed by atoms with Crippen LogP contribution in [0.3, 0.4) is 0 Å². The van der Waals surface area contributed by atoms with E-state index in [1.807, 2.05) is 13.8 Å². The molecule has 0 atom stereocenters. The van der Waals surface area contributed by atoms with Gasteiger partial charge in [0.15, 0.2) is 0 Å². The third kappa shape index (κ3) is 5.06. The number of carbonyl (C=O) groups is 1. The molecule has 0 saturated carbocycles. The van der Waals surface area contributed by atoms with Gasteiger partial charge in [0.2, 0.25) is 5.91 Å². The molecule has 1 rings (SSSR count). The number of rotatable bonds is 6. The second-order valence-corrected chi connectivity index (χ2v) is 4.53. The van der Waals surface area contributed by atoms with Crippen LogP contribution in [0.2, 0.25) is 0 Å². The van der Waals surface area contributed by atoms with Crippen LogP contribution in [0, 0.1) is 17.1 Å². The Kier molecular flexibility index (Phi) is 5.97. The predicted molar refractivity (Wildman–Crippen MR) is 72.1 cm³/mol. The van der Waals surface area contributed by atoms with Crippen LogP contribution in [-0.2, 0) is 4.79 Å². The molecule has 0 fully saturated rings. The third-order valence-electron chi connectivity index (χ3n) is 2.53. The Balaban J connectivity index is 2.49. The minimum Gasteiger partial charge on any atom is -0.325 e. The molecule has 0 aromatic heterocycles. The van der Waals surface area contributed by atoms with Crippen LogP contribution in [0.1, 0.15) is 32.3 Å². The lowest BCUT2D eigenvalue weighted by atomic mass is 10.1. The fourth-order valence-corrected chi connectivity index (χ4v) is 1.59. The van der Waals surface area contributed by atoms with Gasteiger partial charge in [0, 0.05) is 12.5 Å². The Bertz CT molecular complexity index is 480. The summed E-state index contributed by atoms with van der Waals surface area (Å²) in [7, 11) is 0. The largest absolute Gasteiger partial charge is 0.325 e. The molecule has 4 nitrogen and oxygen atoms in total. The standard InChI is InChI=1S/C14H18FN3O/c1-10(2)17-8-4-7-14(19)18-13-6-3-5-12(15)11(13)9-16/h3,5-6,10,17H,4,7-8H2,1-2H3,(H,18,19). The van der Waals surface area contributed by atoms with Gasteiger partial charge in [-0.25, -0.2) is 4.39 Å². The number of hydrogen-bond donors (Lipinski definition) is 2. The molecule has 0 aliphatic rings. The number of benzene rings is 1. The number of anilines is 1. The lowest BCUT2D eigenvalue weighted by Crippen LogP contribution is -2.24. The fourth-order valence-electron chi connectivity index (χ4n) is 1.59. The molecule has 1 amide bonds. The summed E-state index contributed by atoms with van der Waals surface area (Å²) in [4.78, 5) is 11.7. The molecule has 0 unspecified atom stereocenters. The Labute approximate surface area is 112 Å². The third-order valence-corrected chi connectivity index (χ3v) is 2.53. The number of nitrogens with zero attached hydrogens (tertiary/aromatic N) is 1. The van der Waals surface area contributed by atoms with E-state index in [9.17, 15) is 9.18 Å². The summed E-state index contributed by atoms with van der Waals surface area (Å²) in [6.07, 6.45) is 1.03. The first kappa shape index (κ1) is 15.1. The molecule has 1 aromatic rings. The second-order valence-electron chi connectivity index (χ2n) is 4.53. The van der Waals surface area contributed by atoms with Crippen LogP contribution >= 0.6 is 0 Å². The molecule has 0 radical (unpaired) electrons. The molecule has 0 saturated heterocycles.